The fourth-order valence-corrected chi connectivity index (χ4v) is 5.85. The average molecular weight is 513 g/mol. The highest BCUT2D eigenvalue weighted by molar-refractivity contribution is 5.86. The van der Waals surface area contributed by atoms with E-state index in [0.717, 1.165) is 53.4 Å². The molecule has 0 bridgehead atoms. The van der Waals surface area contributed by atoms with E-state index >= 15 is 0 Å². The van der Waals surface area contributed by atoms with E-state index in [1.54, 1.807) is 23.9 Å². The Balaban J connectivity index is 1.30. The van der Waals surface area contributed by atoms with E-state index in [-0.39, 0.29) is 35.2 Å². The number of piperidine rings is 1. The first kappa shape index (κ1) is 24.6. The Morgan fingerprint density at radius 1 is 1.08 bits per heavy atom. The summed E-state index contributed by atoms with van der Waals surface area (Å²) in [5.74, 6) is -0.250. The van der Waals surface area contributed by atoms with Gasteiger partial charge in [0.05, 0.1) is 5.92 Å². The summed E-state index contributed by atoms with van der Waals surface area (Å²) >= 11 is 0. The zero-order valence-electron chi connectivity index (χ0n) is 21.6. The molecule has 0 spiro atoms. The number of hydrogen-bond donors (Lipinski definition) is 1. The number of nitrogens with zero attached hydrogens (tertiary/aromatic N) is 3. The van der Waals surface area contributed by atoms with Crippen molar-refractivity contribution in [3.05, 3.63) is 106 Å². The number of benzene rings is 2. The van der Waals surface area contributed by atoms with Crippen LogP contribution >= 0.6 is 0 Å². The Kier molecular flexibility index (Phi) is 6.62. The normalized spacial score (nSPS) is 19.5. The molecule has 2 fully saturated rings. The van der Waals surface area contributed by atoms with Crippen LogP contribution < -0.4 is 10.9 Å². The van der Waals surface area contributed by atoms with Crippen molar-refractivity contribution in [3.8, 4) is 0 Å². The van der Waals surface area contributed by atoms with Crippen LogP contribution in [0.1, 0.15) is 41.9 Å². The third kappa shape index (κ3) is 4.90. The van der Waals surface area contributed by atoms with E-state index in [1.165, 1.54) is 12.1 Å². The summed E-state index contributed by atoms with van der Waals surface area (Å²) in [6.07, 6.45) is 6.83. The number of para-hydroxylation sites is 1. The molecule has 4 aromatic rings. The van der Waals surface area contributed by atoms with Gasteiger partial charge in [0.1, 0.15) is 5.82 Å². The fraction of sp³-hybridized carbons (Fsp3) is 0.355. The van der Waals surface area contributed by atoms with E-state index in [2.05, 4.69) is 33.1 Å². The monoisotopic (exact) mass is 512 g/mol. The lowest BCUT2D eigenvalue weighted by Crippen LogP contribution is -2.47. The maximum atomic E-state index is 14.1. The summed E-state index contributed by atoms with van der Waals surface area (Å²) in [6, 6.07) is 18.8. The molecule has 2 aromatic heterocycles. The Labute approximate surface area is 221 Å². The van der Waals surface area contributed by atoms with E-state index in [9.17, 15) is 14.0 Å². The minimum Gasteiger partial charge on any atom is -0.343 e. The Morgan fingerprint density at radius 3 is 2.63 bits per heavy atom. The van der Waals surface area contributed by atoms with Crippen LogP contribution in [-0.4, -0.2) is 39.1 Å². The molecule has 2 aromatic carbocycles. The number of hydrogen-bond acceptors (Lipinski definition) is 3. The van der Waals surface area contributed by atoms with Crippen LogP contribution in [-0.2, 0) is 24.9 Å². The fourth-order valence-electron chi connectivity index (χ4n) is 5.85. The van der Waals surface area contributed by atoms with E-state index in [0.29, 0.717) is 19.6 Å². The molecule has 38 heavy (non-hydrogen) atoms. The molecule has 2 aliphatic rings. The number of carbonyl (C=O) groups excluding carboxylic acids is 1. The Hall–Kier alpha value is -3.71. The average Bonchev–Trinajstić information content (AvgIpc) is 3.73. The zero-order valence-corrected chi connectivity index (χ0v) is 21.6. The van der Waals surface area contributed by atoms with Crippen LogP contribution in [0.4, 0.5) is 4.39 Å². The number of pyridine rings is 1. The molecule has 2 unspecified atom stereocenters. The maximum Gasteiger partial charge on any atom is 0.250 e. The van der Waals surface area contributed by atoms with Gasteiger partial charge >= 0.3 is 0 Å². The van der Waals surface area contributed by atoms with Crippen molar-refractivity contribution in [2.45, 2.75) is 44.3 Å². The standard InChI is InChI=1S/C31H33FN4O2/c1-34-15-13-22(16-30(34)37)26-12-14-33-17-28(26)31(38)36(25-10-11-25)20-23-19-35(29-5-3-2-4-27(23)29)18-21-6-8-24(32)9-7-21/h2-9,13,15-16,19,25-26,28,33H,10-12,14,17-18,20H2,1H3. The van der Waals surface area contributed by atoms with Gasteiger partial charge in [-0.2, -0.15) is 0 Å². The summed E-state index contributed by atoms with van der Waals surface area (Å²) in [6.45, 7) is 2.65. The van der Waals surface area contributed by atoms with Crippen molar-refractivity contribution in [3.63, 3.8) is 0 Å². The van der Waals surface area contributed by atoms with Gasteiger partial charge < -0.3 is 19.4 Å². The van der Waals surface area contributed by atoms with Gasteiger partial charge in [0.2, 0.25) is 5.91 Å². The predicted molar refractivity (Wildman–Crippen MR) is 146 cm³/mol. The molecule has 1 aliphatic heterocycles. The van der Waals surface area contributed by atoms with Crippen LogP contribution in [0.5, 0.6) is 0 Å². The highest BCUT2D eigenvalue weighted by Crippen LogP contribution is 2.36. The molecule has 3 heterocycles. The van der Waals surface area contributed by atoms with Gasteiger partial charge in [-0.15, -0.1) is 0 Å². The van der Waals surface area contributed by atoms with Crippen LogP contribution in [0.15, 0.2) is 77.9 Å². The molecule has 1 N–H and O–H groups in total. The lowest BCUT2D eigenvalue weighted by molar-refractivity contribution is -0.138. The van der Waals surface area contributed by atoms with Gasteiger partial charge in [-0.25, -0.2) is 4.39 Å². The third-order valence-electron chi connectivity index (χ3n) is 8.10. The SMILES string of the molecule is Cn1ccc(C2CCNCC2C(=O)N(Cc2cn(Cc3ccc(F)cc3)c3ccccc23)C2CC2)cc1=O. The van der Waals surface area contributed by atoms with Crippen LogP contribution in [0, 0.1) is 11.7 Å². The molecule has 0 radical (unpaired) electrons. The summed E-state index contributed by atoms with van der Waals surface area (Å²) in [5, 5.41) is 4.56. The molecule has 2 atom stereocenters. The molecule has 6 rings (SSSR count). The minimum atomic E-state index is -0.239. The van der Waals surface area contributed by atoms with Crippen molar-refractivity contribution in [2.24, 2.45) is 13.0 Å². The van der Waals surface area contributed by atoms with Crippen molar-refractivity contribution in [2.75, 3.05) is 13.1 Å². The molecule has 196 valence electrons. The summed E-state index contributed by atoms with van der Waals surface area (Å²) in [4.78, 5) is 28.6. The van der Waals surface area contributed by atoms with Crippen LogP contribution in [0.2, 0.25) is 0 Å². The van der Waals surface area contributed by atoms with Gasteiger partial charge in [-0.3, -0.25) is 9.59 Å². The number of amides is 1. The zero-order chi connectivity index (χ0) is 26.2. The number of carbonyl (C=O) groups is 1. The van der Waals surface area contributed by atoms with Crippen molar-refractivity contribution in [1.29, 1.82) is 0 Å². The van der Waals surface area contributed by atoms with Crippen molar-refractivity contribution in [1.82, 2.24) is 19.4 Å². The third-order valence-corrected chi connectivity index (χ3v) is 8.10. The van der Waals surface area contributed by atoms with E-state index in [4.69, 9.17) is 0 Å². The molecular formula is C31H33FN4O2. The summed E-state index contributed by atoms with van der Waals surface area (Å²) in [7, 11) is 1.75. The Bertz CT molecular complexity index is 1520. The Morgan fingerprint density at radius 2 is 1.87 bits per heavy atom. The first-order chi connectivity index (χ1) is 18.5. The smallest absolute Gasteiger partial charge is 0.250 e. The second-order valence-corrected chi connectivity index (χ2v) is 10.7. The number of halogens is 1. The number of aromatic nitrogens is 2. The van der Waals surface area contributed by atoms with Crippen molar-refractivity contribution >= 4 is 16.8 Å². The number of rotatable bonds is 7. The minimum absolute atomic E-state index is 0.0266. The maximum absolute atomic E-state index is 14.1. The topological polar surface area (TPSA) is 59.3 Å². The van der Waals surface area contributed by atoms with Gasteiger partial charge in [0.25, 0.3) is 5.56 Å². The quantitative estimate of drug-likeness (QED) is 0.399. The lowest BCUT2D eigenvalue weighted by atomic mass is 9.80. The van der Waals surface area contributed by atoms with Gasteiger partial charge in [0.15, 0.2) is 0 Å². The summed E-state index contributed by atoms with van der Waals surface area (Å²) < 4.78 is 17.2. The number of aryl methyl sites for hydroxylation is 1. The van der Waals surface area contributed by atoms with Gasteiger partial charge in [-0.05, 0) is 72.7 Å². The lowest BCUT2D eigenvalue weighted by Gasteiger charge is -2.35. The molecule has 1 amide bonds. The summed E-state index contributed by atoms with van der Waals surface area (Å²) in [5.41, 5.74) is 4.17. The van der Waals surface area contributed by atoms with Gasteiger partial charge in [0, 0.05) is 62.1 Å². The molecule has 1 saturated heterocycles. The highest BCUT2D eigenvalue weighted by atomic mass is 19.1. The second kappa shape index (κ2) is 10.2. The molecular weight excluding hydrogens is 479 g/mol. The predicted octanol–water partition coefficient (Wildman–Crippen LogP) is 4.41. The first-order valence-corrected chi connectivity index (χ1v) is 13.5. The van der Waals surface area contributed by atoms with E-state index in [1.807, 2.05) is 30.3 Å². The molecule has 6 nitrogen and oxygen atoms in total. The largest absolute Gasteiger partial charge is 0.343 e. The number of nitrogens with one attached hydrogen (secondary N) is 1. The van der Waals surface area contributed by atoms with Crippen LogP contribution in [0.25, 0.3) is 10.9 Å². The second-order valence-electron chi connectivity index (χ2n) is 10.7. The molecule has 1 saturated carbocycles. The first-order valence-electron chi connectivity index (χ1n) is 13.5. The van der Waals surface area contributed by atoms with E-state index < -0.39 is 0 Å². The number of fused-ring (bicyclic) bond motifs is 1. The highest BCUT2D eigenvalue weighted by Gasteiger charge is 2.40. The van der Waals surface area contributed by atoms with Crippen molar-refractivity contribution < 1.29 is 9.18 Å². The van der Waals surface area contributed by atoms with Gasteiger partial charge in [-0.1, -0.05) is 30.3 Å². The van der Waals surface area contributed by atoms with Crippen LogP contribution in [0.3, 0.4) is 0 Å². The molecule has 7 heteroatoms. The molecule has 1 aliphatic carbocycles.